The molecular formula is C12H18BrN3O. The van der Waals surface area contributed by atoms with Gasteiger partial charge in [-0.1, -0.05) is 15.9 Å². The molecule has 0 aromatic heterocycles. The van der Waals surface area contributed by atoms with Gasteiger partial charge in [0.2, 0.25) is 5.91 Å². The lowest BCUT2D eigenvalue weighted by atomic mass is 10.1. The number of primary amides is 1. The Morgan fingerprint density at radius 2 is 2.06 bits per heavy atom. The van der Waals surface area contributed by atoms with Crippen molar-refractivity contribution >= 4 is 27.5 Å². The summed E-state index contributed by atoms with van der Waals surface area (Å²) in [6.07, 6.45) is 0. The van der Waals surface area contributed by atoms with Crippen molar-refractivity contribution in [2.45, 2.75) is 26.4 Å². The zero-order valence-electron chi connectivity index (χ0n) is 10.1. The van der Waals surface area contributed by atoms with E-state index < -0.39 is 0 Å². The second-order valence-corrected chi connectivity index (χ2v) is 5.13. The highest BCUT2D eigenvalue weighted by molar-refractivity contribution is 9.10. The summed E-state index contributed by atoms with van der Waals surface area (Å²) < 4.78 is 0.950. The van der Waals surface area contributed by atoms with E-state index in [4.69, 9.17) is 11.5 Å². The van der Waals surface area contributed by atoms with E-state index in [1.807, 2.05) is 36.9 Å². The third-order valence-corrected chi connectivity index (χ3v) is 2.92. The van der Waals surface area contributed by atoms with Gasteiger partial charge in [0, 0.05) is 22.7 Å². The normalized spacial score (nSPS) is 10.6. The highest BCUT2D eigenvalue weighted by Gasteiger charge is 2.14. The Labute approximate surface area is 110 Å². The zero-order chi connectivity index (χ0) is 13.0. The quantitative estimate of drug-likeness (QED) is 0.867. The Morgan fingerprint density at radius 3 is 2.53 bits per heavy atom. The Balaban J connectivity index is 3.08. The number of benzene rings is 1. The summed E-state index contributed by atoms with van der Waals surface area (Å²) in [5, 5.41) is 0. The third-order valence-electron chi connectivity index (χ3n) is 2.46. The zero-order valence-corrected chi connectivity index (χ0v) is 11.7. The molecule has 0 fully saturated rings. The van der Waals surface area contributed by atoms with Crippen LogP contribution in [0.15, 0.2) is 22.7 Å². The van der Waals surface area contributed by atoms with Crippen LogP contribution in [0, 0.1) is 0 Å². The number of hydrogen-bond acceptors (Lipinski definition) is 3. The number of nitrogens with two attached hydrogens (primary N) is 2. The first-order valence-electron chi connectivity index (χ1n) is 5.48. The molecule has 1 amide bonds. The minimum Gasteiger partial charge on any atom is -0.368 e. The van der Waals surface area contributed by atoms with E-state index >= 15 is 0 Å². The molecular weight excluding hydrogens is 282 g/mol. The molecule has 0 atom stereocenters. The van der Waals surface area contributed by atoms with Gasteiger partial charge in [0.15, 0.2) is 0 Å². The second-order valence-electron chi connectivity index (χ2n) is 4.21. The summed E-state index contributed by atoms with van der Waals surface area (Å²) in [5.74, 6) is -0.340. The molecule has 0 unspecified atom stereocenters. The lowest BCUT2D eigenvalue weighted by molar-refractivity contribution is -0.116. The average Bonchev–Trinajstić information content (AvgIpc) is 2.24. The lowest BCUT2D eigenvalue weighted by Gasteiger charge is -2.28. The summed E-state index contributed by atoms with van der Waals surface area (Å²) in [5.41, 5.74) is 12.9. The molecule has 17 heavy (non-hydrogen) atoms. The number of carbonyl (C=O) groups is 1. The SMILES string of the molecule is CC(C)N(CC(N)=O)c1cc(Br)cc(CN)c1. The summed E-state index contributed by atoms with van der Waals surface area (Å²) in [6, 6.07) is 6.10. The predicted octanol–water partition coefficient (Wildman–Crippen LogP) is 1.61. The van der Waals surface area contributed by atoms with Gasteiger partial charge in [-0.3, -0.25) is 4.79 Å². The lowest BCUT2D eigenvalue weighted by Crippen LogP contribution is -2.38. The summed E-state index contributed by atoms with van der Waals surface area (Å²) in [4.78, 5) is 13.0. The van der Waals surface area contributed by atoms with E-state index in [2.05, 4.69) is 15.9 Å². The fourth-order valence-corrected chi connectivity index (χ4v) is 2.19. The van der Waals surface area contributed by atoms with Gasteiger partial charge in [0.05, 0.1) is 6.54 Å². The van der Waals surface area contributed by atoms with Crippen LogP contribution in [0.4, 0.5) is 5.69 Å². The van der Waals surface area contributed by atoms with Crippen molar-refractivity contribution in [2.75, 3.05) is 11.4 Å². The minimum absolute atomic E-state index is 0.197. The molecule has 0 saturated carbocycles. The maximum absolute atomic E-state index is 11.1. The van der Waals surface area contributed by atoms with Gasteiger partial charge < -0.3 is 16.4 Å². The van der Waals surface area contributed by atoms with Crippen molar-refractivity contribution in [1.82, 2.24) is 0 Å². The van der Waals surface area contributed by atoms with Crippen LogP contribution < -0.4 is 16.4 Å². The standard InChI is InChI=1S/C12H18BrN3O/c1-8(2)16(7-12(15)17)11-4-9(6-14)3-10(13)5-11/h3-5,8H,6-7,14H2,1-2H3,(H2,15,17). The number of halogens is 1. The molecule has 4 N–H and O–H groups in total. The number of amides is 1. The molecule has 0 heterocycles. The monoisotopic (exact) mass is 299 g/mol. The molecule has 0 saturated heterocycles. The van der Waals surface area contributed by atoms with Crippen LogP contribution in [0.1, 0.15) is 19.4 Å². The van der Waals surface area contributed by atoms with Gasteiger partial charge in [-0.2, -0.15) is 0 Å². The number of carbonyl (C=O) groups excluding carboxylic acids is 1. The summed E-state index contributed by atoms with van der Waals surface area (Å²) in [6.45, 7) is 4.71. The van der Waals surface area contributed by atoms with E-state index in [-0.39, 0.29) is 18.5 Å². The van der Waals surface area contributed by atoms with Crippen molar-refractivity contribution in [2.24, 2.45) is 11.5 Å². The third kappa shape index (κ3) is 4.02. The fraction of sp³-hybridized carbons (Fsp3) is 0.417. The van der Waals surface area contributed by atoms with Gasteiger partial charge in [0.1, 0.15) is 0 Å². The number of hydrogen-bond donors (Lipinski definition) is 2. The maximum Gasteiger partial charge on any atom is 0.236 e. The van der Waals surface area contributed by atoms with Crippen LogP contribution in [0.25, 0.3) is 0 Å². The molecule has 4 nitrogen and oxygen atoms in total. The van der Waals surface area contributed by atoms with Crippen molar-refractivity contribution < 1.29 is 4.79 Å². The molecule has 5 heteroatoms. The first kappa shape index (κ1) is 14.0. The summed E-state index contributed by atoms with van der Waals surface area (Å²) >= 11 is 3.44. The van der Waals surface area contributed by atoms with E-state index in [0.717, 1.165) is 15.7 Å². The maximum atomic E-state index is 11.1. The molecule has 0 bridgehead atoms. The van der Waals surface area contributed by atoms with Gasteiger partial charge >= 0.3 is 0 Å². The average molecular weight is 300 g/mol. The van der Waals surface area contributed by atoms with E-state index in [1.165, 1.54) is 0 Å². The smallest absolute Gasteiger partial charge is 0.236 e. The Morgan fingerprint density at radius 1 is 1.41 bits per heavy atom. The molecule has 0 aliphatic carbocycles. The van der Waals surface area contributed by atoms with Crippen molar-refractivity contribution in [3.05, 3.63) is 28.2 Å². The van der Waals surface area contributed by atoms with Gasteiger partial charge in [-0.15, -0.1) is 0 Å². The molecule has 1 rings (SSSR count). The number of nitrogens with zero attached hydrogens (tertiary/aromatic N) is 1. The van der Waals surface area contributed by atoms with Gasteiger partial charge in [0.25, 0.3) is 0 Å². The van der Waals surface area contributed by atoms with Gasteiger partial charge in [-0.05, 0) is 37.6 Å². The first-order valence-corrected chi connectivity index (χ1v) is 6.27. The van der Waals surface area contributed by atoms with E-state index in [1.54, 1.807) is 0 Å². The number of rotatable bonds is 5. The first-order chi connectivity index (χ1) is 7.93. The van der Waals surface area contributed by atoms with E-state index in [0.29, 0.717) is 6.54 Å². The highest BCUT2D eigenvalue weighted by Crippen LogP contribution is 2.24. The molecule has 1 aromatic rings. The van der Waals surface area contributed by atoms with Crippen molar-refractivity contribution in [1.29, 1.82) is 0 Å². The highest BCUT2D eigenvalue weighted by atomic mass is 79.9. The molecule has 0 spiro atoms. The van der Waals surface area contributed by atoms with Crippen molar-refractivity contribution in [3.63, 3.8) is 0 Å². The van der Waals surface area contributed by atoms with Crippen LogP contribution in [0.5, 0.6) is 0 Å². The van der Waals surface area contributed by atoms with Crippen LogP contribution in [0.3, 0.4) is 0 Å². The molecule has 0 aliphatic rings. The van der Waals surface area contributed by atoms with Crippen LogP contribution >= 0.6 is 15.9 Å². The Bertz CT molecular complexity index is 407. The van der Waals surface area contributed by atoms with Crippen LogP contribution in [0.2, 0.25) is 0 Å². The van der Waals surface area contributed by atoms with E-state index in [9.17, 15) is 4.79 Å². The fourth-order valence-electron chi connectivity index (χ4n) is 1.66. The minimum atomic E-state index is -0.340. The second kappa shape index (κ2) is 6.02. The number of anilines is 1. The topological polar surface area (TPSA) is 72.3 Å². The van der Waals surface area contributed by atoms with Gasteiger partial charge in [-0.25, -0.2) is 0 Å². The molecule has 0 aliphatic heterocycles. The molecule has 94 valence electrons. The van der Waals surface area contributed by atoms with Crippen LogP contribution in [-0.4, -0.2) is 18.5 Å². The van der Waals surface area contributed by atoms with Crippen molar-refractivity contribution in [3.8, 4) is 0 Å². The molecule has 0 radical (unpaired) electrons. The Hall–Kier alpha value is -1.07. The summed E-state index contributed by atoms with van der Waals surface area (Å²) in [7, 11) is 0. The predicted molar refractivity (Wildman–Crippen MR) is 73.7 cm³/mol. The Kier molecular flexibility index (Phi) is 4.96. The molecule has 1 aromatic carbocycles. The largest absolute Gasteiger partial charge is 0.368 e. The van der Waals surface area contributed by atoms with Crippen LogP contribution in [-0.2, 0) is 11.3 Å².